The molecule has 0 aromatic heterocycles. The lowest BCUT2D eigenvalue weighted by Gasteiger charge is -2.07. The minimum absolute atomic E-state index is 0.435. The standard InChI is InChI=1S/C46H26N4/c1-2-37-18-32-8-4-14-39(20-32)44(29-48)25-34-10-6-16-41(22-34)46(31-50)27-36-12-7-17-42(23-36)45(30-49)26-35-11-5-15-40(21-35)43(28-47)24-33-9-3-13-38(37)19-33/h1,3-27H/b37-18+,43-24+,44-25+,45-26+,46-27+. The first kappa shape index (κ1) is 32.3. The van der Waals surface area contributed by atoms with Crippen molar-refractivity contribution in [1.29, 1.82) is 21.0 Å². The van der Waals surface area contributed by atoms with Gasteiger partial charge in [-0.15, -0.1) is 6.42 Å². The summed E-state index contributed by atoms with van der Waals surface area (Å²) in [5.41, 5.74) is 9.96. The van der Waals surface area contributed by atoms with E-state index >= 15 is 0 Å². The SMILES string of the molecule is C#C/C1=C\c2cccc(c2)/C(C#N)=C/c2cccc(c2)/C(C#N)=C/c2cccc(c2)/C(C#N)=C/c2cccc(c2)/C(C#N)=C/c2cccc1c2. The van der Waals surface area contributed by atoms with Gasteiger partial charge >= 0.3 is 0 Å². The fourth-order valence-electron chi connectivity index (χ4n) is 5.74. The molecule has 0 amide bonds. The van der Waals surface area contributed by atoms with Crippen LogP contribution in [0, 0.1) is 57.7 Å². The Kier molecular flexibility index (Phi) is 9.57. The van der Waals surface area contributed by atoms with Gasteiger partial charge in [0.25, 0.3) is 0 Å². The van der Waals surface area contributed by atoms with Crippen molar-refractivity contribution in [3.8, 4) is 36.6 Å². The zero-order valence-electron chi connectivity index (χ0n) is 26.8. The van der Waals surface area contributed by atoms with E-state index in [1.807, 2.05) is 133 Å². The lowest BCUT2D eigenvalue weighted by atomic mass is 9.96. The number of fused-ring (bicyclic) bond motifs is 10. The Morgan fingerprint density at radius 1 is 0.320 bits per heavy atom. The molecule has 0 aliphatic heterocycles. The third-order valence-electron chi connectivity index (χ3n) is 8.18. The van der Waals surface area contributed by atoms with Gasteiger partial charge in [0.15, 0.2) is 0 Å². The average molecular weight is 635 g/mol. The molecular formula is C46H26N4. The summed E-state index contributed by atoms with van der Waals surface area (Å²) in [6.07, 6.45) is 15.1. The molecule has 4 nitrogen and oxygen atoms in total. The lowest BCUT2D eigenvalue weighted by molar-refractivity contribution is 1.50. The van der Waals surface area contributed by atoms with Gasteiger partial charge < -0.3 is 0 Å². The summed E-state index contributed by atoms with van der Waals surface area (Å²) in [7, 11) is 0. The number of hydrogen-bond donors (Lipinski definition) is 0. The number of nitriles is 4. The summed E-state index contributed by atoms with van der Waals surface area (Å²) in [5.74, 6) is 2.80. The Balaban J connectivity index is 1.57. The maximum atomic E-state index is 10.2. The number of terminal acetylenes is 1. The molecule has 10 bridgehead atoms. The van der Waals surface area contributed by atoms with Gasteiger partial charge in [0.05, 0.1) is 46.6 Å². The smallest absolute Gasteiger partial charge is 0.0998 e. The van der Waals surface area contributed by atoms with Crippen LogP contribution in [-0.4, -0.2) is 0 Å². The van der Waals surface area contributed by atoms with Crippen molar-refractivity contribution in [1.82, 2.24) is 0 Å². The predicted molar refractivity (Wildman–Crippen MR) is 203 cm³/mol. The van der Waals surface area contributed by atoms with Gasteiger partial charge in [-0.3, -0.25) is 0 Å². The Bertz CT molecular complexity index is 2120. The summed E-state index contributed by atoms with van der Waals surface area (Å²) < 4.78 is 0. The number of benzene rings is 5. The van der Waals surface area contributed by atoms with Crippen molar-refractivity contribution >= 4 is 58.2 Å². The molecule has 5 aromatic carbocycles. The molecule has 0 saturated heterocycles. The molecule has 0 atom stereocenters. The number of allylic oxidation sites excluding steroid dienone is 5. The minimum Gasteiger partial charge on any atom is -0.192 e. The minimum atomic E-state index is 0.435. The van der Waals surface area contributed by atoms with Crippen LogP contribution in [0.5, 0.6) is 0 Å². The third-order valence-corrected chi connectivity index (χ3v) is 8.18. The monoisotopic (exact) mass is 634 g/mol. The van der Waals surface area contributed by atoms with Gasteiger partial charge in [0, 0.05) is 5.57 Å². The summed E-state index contributed by atoms with van der Waals surface area (Å²) in [4.78, 5) is 0. The Labute approximate surface area is 292 Å². The van der Waals surface area contributed by atoms with E-state index in [0.29, 0.717) is 44.6 Å². The summed E-state index contributed by atoms with van der Waals surface area (Å²) in [6.45, 7) is 0. The van der Waals surface area contributed by atoms with Crippen LogP contribution in [0.15, 0.2) is 121 Å². The van der Waals surface area contributed by atoms with Gasteiger partial charge in [-0.25, -0.2) is 0 Å². The first-order chi connectivity index (χ1) is 24.5. The normalized spacial score (nSPS) is 17.7. The van der Waals surface area contributed by atoms with E-state index in [9.17, 15) is 21.0 Å². The van der Waals surface area contributed by atoms with E-state index in [4.69, 9.17) is 6.42 Å². The molecule has 0 spiro atoms. The maximum absolute atomic E-state index is 10.2. The molecular weight excluding hydrogens is 609 g/mol. The van der Waals surface area contributed by atoms with E-state index in [0.717, 1.165) is 38.9 Å². The van der Waals surface area contributed by atoms with Gasteiger partial charge in [0.2, 0.25) is 0 Å². The molecule has 0 fully saturated rings. The molecule has 0 heterocycles. The molecule has 0 unspecified atom stereocenters. The number of hydrogen-bond acceptors (Lipinski definition) is 4. The Morgan fingerprint density at radius 3 is 0.760 bits per heavy atom. The van der Waals surface area contributed by atoms with Crippen molar-refractivity contribution in [2.24, 2.45) is 0 Å². The Morgan fingerprint density at radius 2 is 0.540 bits per heavy atom. The predicted octanol–water partition coefficient (Wildman–Crippen LogP) is 10.4. The molecule has 0 radical (unpaired) electrons. The molecule has 4 heteroatoms. The average Bonchev–Trinajstić information content (AvgIpc) is 3.16. The van der Waals surface area contributed by atoms with Crippen LogP contribution in [-0.2, 0) is 0 Å². The molecule has 5 aromatic rings. The zero-order chi connectivity index (χ0) is 34.9. The first-order valence-corrected chi connectivity index (χ1v) is 15.7. The quantitative estimate of drug-likeness (QED) is 0.158. The molecule has 0 N–H and O–H groups in total. The molecule has 0 saturated carbocycles. The van der Waals surface area contributed by atoms with Gasteiger partial charge in [-0.1, -0.05) is 96.9 Å². The van der Waals surface area contributed by atoms with Crippen LogP contribution in [0.1, 0.15) is 55.6 Å². The van der Waals surface area contributed by atoms with Gasteiger partial charge in [0.1, 0.15) is 0 Å². The van der Waals surface area contributed by atoms with Crippen LogP contribution in [0.25, 0.3) is 58.2 Å². The maximum Gasteiger partial charge on any atom is 0.0998 e. The van der Waals surface area contributed by atoms with Crippen LogP contribution in [0.2, 0.25) is 0 Å². The second-order valence-electron chi connectivity index (χ2n) is 11.5. The van der Waals surface area contributed by atoms with Crippen molar-refractivity contribution in [2.75, 3.05) is 0 Å². The second kappa shape index (κ2) is 14.8. The highest BCUT2D eigenvalue weighted by atomic mass is 14.3. The van der Waals surface area contributed by atoms with Crippen molar-refractivity contribution in [2.45, 2.75) is 0 Å². The highest BCUT2D eigenvalue weighted by molar-refractivity contribution is 5.97. The Hall–Kier alpha value is -7.68. The summed E-state index contributed by atoms with van der Waals surface area (Å²) >= 11 is 0. The van der Waals surface area contributed by atoms with E-state index in [1.165, 1.54) is 0 Å². The fraction of sp³-hybridized carbons (Fsp3) is 0. The topological polar surface area (TPSA) is 95.2 Å². The van der Waals surface area contributed by atoms with Gasteiger partial charge in [-0.2, -0.15) is 21.0 Å². The largest absolute Gasteiger partial charge is 0.192 e. The van der Waals surface area contributed by atoms with Crippen LogP contribution in [0.4, 0.5) is 0 Å². The highest BCUT2D eigenvalue weighted by Gasteiger charge is 2.10. The second-order valence-corrected chi connectivity index (χ2v) is 11.5. The zero-order valence-corrected chi connectivity index (χ0v) is 26.8. The van der Waals surface area contributed by atoms with E-state index in [2.05, 4.69) is 30.2 Å². The summed E-state index contributed by atoms with van der Waals surface area (Å²) in [6, 6.07) is 47.0. The van der Waals surface area contributed by atoms with Gasteiger partial charge in [-0.05, 0) is 116 Å². The van der Waals surface area contributed by atoms with E-state index in [1.54, 1.807) is 18.2 Å². The van der Waals surface area contributed by atoms with Crippen LogP contribution >= 0.6 is 0 Å². The lowest BCUT2D eigenvalue weighted by Crippen LogP contribution is -1.88. The molecule has 230 valence electrons. The molecule has 6 rings (SSSR count). The van der Waals surface area contributed by atoms with Crippen molar-refractivity contribution in [3.05, 3.63) is 177 Å². The number of nitrogens with zero attached hydrogens (tertiary/aromatic N) is 4. The van der Waals surface area contributed by atoms with Crippen LogP contribution < -0.4 is 0 Å². The highest BCUT2D eigenvalue weighted by Crippen LogP contribution is 2.28. The molecule has 50 heavy (non-hydrogen) atoms. The van der Waals surface area contributed by atoms with Crippen molar-refractivity contribution in [3.63, 3.8) is 0 Å². The van der Waals surface area contributed by atoms with E-state index < -0.39 is 0 Å². The van der Waals surface area contributed by atoms with Crippen LogP contribution in [0.3, 0.4) is 0 Å². The first-order valence-electron chi connectivity index (χ1n) is 15.7. The molecule has 1 aliphatic rings. The summed E-state index contributed by atoms with van der Waals surface area (Å²) in [5, 5.41) is 40.7. The number of rotatable bonds is 0. The third kappa shape index (κ3) is 7.31. The molecule has 1 aliphatic carbocycles. The fourth-order valence-corrected chi connectivity index (χ4v) is 5.74. The van der Waals surface area contributed by atoms with Crippen molar-refractivity contribution < 1.29 is 0 Å². The van der Waals surface area contributed by atoms with E-state index in [-0.39, 0.29) is 0 Å².